The Morgan fingerprint density at radius 1 is 1.13 bits per heavy atom. The number of hydrogen-bond donors (Lipinski definition) is 0. The summed E-state index contributed by atoms with van der Waals surface area (Å²) in [6.07, 6.45) is 3.36. The van der Waals surface area contributed by atoms with Crippen molar-refractivity contribution in [2.24, 2.45) is 0 Å². The van der Waals surface area contributed by atoms with E-state index in [1.54, 1.807) is 6.07 Å². The molecule has 74 valence electrons. The highest BCUT2D eigenvalue weighted by Crippen LogP contribution is 2.05. The second-order valence-electron chi connectivity index (χ2n) is 3.37. The minimum absolute atomic E-state index is 0.348. The monoisotopic (exact) mass is 200 g/mol. The topological polar surface area (TPSA) is 39.4 Å². The summed E-state index contributed by atoms with van der Waals surface area (Å²) in [5.74, 6) is 0. The van der Waals surface area contributed by atoms with Crippen molar-refractivity contribution in [1.29, 1.82) is 0 Å². The molecule has 0 radical (unpaired) electrons. The van der Waals surface area contributed by atoms with Gasteiger partial charge in [-0.3, -0.25) is 0 Å². The molecule has 1 aromatic heterocycles. The van der Waals surface area contributed by atoms with Crippen LogP contribution in [0, 0.1) is 0 Å². The molecule has 15 heavy (non-hydrogen) atoms. The van der Waals surface area contributed by atoms with E-state index in [9.17, 15) is 4.79 Å². The predicted molar refractivity (Wildman–Crippen MR) is 56.6 cm³/mol. The molecule has 3 rings (SSSR count). The predicted octanol–water partition coefficient (Wildman–Crippen LogP) is 0.342. The molecular formula is C12H8O3. The van der Waals surface area contributed by atoms with Gasteiger partial charge in [-0.2, -0.15) is 0 Å². The Kier molecular flexibility index (Phi) is 1.65. The zero-order valence-corrected chi connectivity index (χ0v) is 7.90. The van der Waals surface area contributed by atoms with Crippen molar-refractivity contribution in [3.63, 3.8) is 0 Å². The van der Waals surface area contributed by atoms with Crippen LogP contribution in [-0.2, 0) is 4.74 Å². The molecule has 0 N–H and O–H groups in total. The number of fused-ring (bicyclic) bond motifs is 3. The molecule has 0 saturated heterocycles. The molecule has 0 bridgehead atoms. The fourth-order valence-electron chi connectivity index (χ4n) is 1.78. The highest BCUT2D eigenvalue weighted by molar-refractivity contribution is 5.78. The number of benzene rings is 1. The Morgan fingerprint density at radius 3 is 2.93 bits per heavy atom. The Labute approximate surface area is 84.9 Å². The Balaban J connectivity index is 2.69. The molecule has 0 unspecified atom stereocenters. The summed E-state index contributed by atoms with van der Waals surface area (Å²) >= 11 is 0. The average molecular weight is 200 g/mol. The van der Waals surface area contributed by atoms with Gasteiger partial charge in [0.15, 0.2) is 0 Å². The maximum absolute atomic E-state index is 11.6. The molecule has 1 aromatic carbocycles. The van der Waals surface area contributed by atoms with E-state index in [-0.39, 0.29) is 5.63 Å². The van der Waals surface area contributed by atoms with Crippen LogP contribution in [0.4, 0.5) is 0 Å². The van der Waals surface area contributed by atoms with Gasteiger partial charge in [-0.1, -0.05) is 18.2 Å². The number of rotatable bonds is 0. The van der Waals surface area contributed by atoms with E-state index in [1.807, 2.05) is 24.3 Å². The number of para-hydroxylation sites is 1. The minimum atomic E-state index is -0.348. The molecule has 2 aromatic rings. The first-order chi connectivity index (χ1) is 7.36. The van der Waals surface area contributed by atoms with E-state index in [0.29, 0.717) is 17.4 Å². The van der Waals surface area contributed by atoms with Crippen molar-refractivity contribution >= 4 is 23.3 Å². The van der Waals surface area contributed by atoms with E-state index in [0.717, 1.165) is 10.6 Å². The van der Waals surface area contributed by atoms with E-state index in [2.05, 4.69) is 0 Å². The molecule has 0 saturated carbocycles. The Morgan fingerprint density at radius 2 is 2.00 bits per heavy atom. The molecular weight excluding hydrogens is 192 g/mol. The van der Waals surface area contributed by atoms with Gasteiger partial charge >= 0.3 is 5.63 Å². The van der Waals surface area contributed by atoms with Crippen molar-refractivity contribution in [3.05, 3.63) is 45.1 Å². The van der Waals surface area contributed by atoms with Gasteiger partial charge < -0.3 is 9.15 Å². The smallest absolute Gasteiger partial charge is 0.347 e. The molecule has 1 aliphatic rings. The summed E-state index contributed by atoms with van der Waals surface area (Å²) < 4.78 is 10.3. The van der Waals surface area contributed by atoms with Gasteiger partial charge in [0.05, 0.1) is 6.26 Å². The van der Waals surface area contributed by atoms with Crippen molar-refractivity contribution in [1.82, 2.24) is 0 Å². The first-order valence-corrected chi connectivity index (χ1v) is 4.70. The number of hydrogen-bond acceptors (Lipinski definition) is 3. The first kappa shape index (κ1) is 8.29. The van der Waals surface area contributed by atoms with Crippen molar-refractivity contribution in [3.8, 4) is 0 Å². The maximum Gasteiger partial charge on any atom is 0.347 e. The standard InChI is InChI=1S/C12H8O3/c13-12-10-7-14-6-5-8(10)9-3-1-2-4-11(9)15-12/h1-5,7H,6H2. The van der Waals surface area contributed by atoms with Crippen LogP contribution in [0.1, 0.15) is 0 Å². The third kappa shape index (κ3) is 1.16. The lowest BCUT2D eigenvalue weighted by Crippen LogP contribution is -2.40. The SMILES string of the molecule is O=c1oc2ccccc2c2c1=COCC=2. The zero-order valence-electron chi connectivity index (χ0n) is 7.90. The minimum Gasteiger partial charge on any atom is -0.496 e. The van der Waals surface area contributed by atoms with E-state index >= 15 is 0 Å². The fourth-order valence-corrected chi connectivity index (χ4v) is 1.78. The highest BCUT2D eigenvalue weighted by Gasteiger charge is 2.05. The molecule has 0 atom stereocenters. The van der Waals surface area contributed by atoms with Gasteiger partial charge in [0.25, 0.3) is 0 Å². The third-order valence-corrected chi connectivity index (χ3v) is 2.47. The summed E-state index contributed by atoms with van der Waals surface area (Å²) in [4.78, 5) is 11.6. The summed E-state index contributed by atoms with van der Waals surface area (Å²) in [6.45, 7) is 0.500. The highest BCUT2D eigenvalue weighted by atomic mass is 16.5. The van der Waals surface area contributed by atoms with E-state index in [4.69, 9.17) is 9.15 Å². The van der Waals surface area contributed by atoms with E-state index < -0.39 is 0 Å². The first-order valence-electron chi connectivity index (χ1n) is 4.70. The van der Waals surface area contributed by atoms with E-state index in [1.165, 1.54) is 6.26 Å². The van der Waals surface area contributed by atoms with Gasteiger partial charge in [-0.05, 0) is 12.1 Å². The van der Waals surface area contributed by atoms with Gasteiger partial charge in [0.1, 0.15) is 17.4 Å². The van der Waals surface area contributed by atoms with Gasteiger partial charge in [-0.25, -0.2) is 4.79 Å². The van der Waals surface area contributed by atoms with Crippen LogP contribution < -0.4 is 16.1 Å². The summed E-state index contributed by atoms with van der Waals surface area (Å²) in [5.41, 5.74) is 0.271. The van der Waals surface area contributed by atoms with Crippen LogP contribution in [0.3, 0.4) is 0 Å². The maximum atomic E-state index is 11.6. The molecule has 3 nitrogen and oxygen atoms in total. The van der Waals surface area contributed by atoms with Gasteiger partial charge in [0.2, 0.25) is 0 Å². The second kappa shape index (κ2) is 2.98. The van der Waals surface area contributed by atoms with Crippen molar-refractivity contribution < 1.29 is 9.15 Å². The molecule has 0 aliphatic carbocycles. The molecule has 0 amide bonds. The van der Waals surface area contributed by atoms with Crippen LogP contribution in [0.2, 0.25) is 0 Å². The largest absolute Gasteiger partial charge is 0.496 e. The molecule has 1 aliphatic heterocycles. The lowest BCUT2D eigenvalue weighted by atomic mass is 10.1. The third-order valence-electron chi connectivity index (χ3n) is 2.47. The summed E-state index contributed by atoms with van der Waals surface area (Å²) in [6, 6.07) is 7.50. The lowest BCUT2D eigenvalue weighted by Gasteiger charge is -2.03. The van der Waals surface area contributed by atoms with Crippen LogP contribution in [0.5, 0.6) is 0 Å². The molecule has 2 heterocycles. The van der Waals surface area contributed by atoms with Gasteiger partial charge in [0, 0.05) is 10.6 Å². The zero-order chi connectivity index (χ0) is 10.3. The fraction of sp³-hybridized carbons (Fsp3) is 0.0833. The summed E-state index contributed by atoms with van der Waals surface area (Å²) in [5, 5.41) is 2.36. The van der Waals surface area contributed by atoms with Crippen LogP contribution in [0.25, 0.3) is 23.3 Å². The van der Waals surface area contributed by atoms with Crippen molar-refractivity contribution in [2.75, 3.05) is 6.61 Å². The van der Waals surface area contributed by atoms with Crippen LogP contribution in [0.15, 0.2) is 33.5 Å². The van der Waals surface area contributed by atoms with Crippen molar-refractivity contribution in [2.45, 2.75) is 0 Å². The number of ether oxygens (including phenoxy) is 1. The van der Waals surface area contributed by atoms with Crippen LogP contribution in [-0.4, -0.2) is 6.61 Å². The lowest BCUT2D eigenvalue weighted by molar-refractivity contribution is 0.344. The summed E-state index contributed by atoms with van der Waals surface area (Å²) in [7, 11) is 0. The molecule has 3 heteroatoms. The molecule has 0 spiro atoms. The second-order valence-corrected chi connectivity index (χ2v) is 3.37. The van der Waals surface area contributed by atoms with Crippen LogP contribution >= 0.6 is 0 Å². The molecule has 0 fully saturated rings. The van der Waals surface area contributed by atoms with Gasteiger partial charge in [-0.15, -0.1) is 0 Å². The Bertz CT molecular complexity index is 695. The quantitative estimate of drug-likeness (QED) is 0.576. The Hall–Kier alpha value is -2.03. The normalized spacial score (nSPS) is 13.6. The average Bonchev–Trinajstić information content (AvgIpc) is 2.30.